The highest BCUT2D eigenvalue weighted by Crippen LogP contribution is 2.32. The molecule has 40 heavy (non-hydrogen) atoms. The number of nitrogens with one attached hydrogen (secondary N) is 2. The zero-order valence-corrected chi connectivity index (χ0v) is 23.3. The van der Waals surface area contributed by atoms with Crippen LogP contribution >= 0.6 is 0 Å². The number of amides is 1. The average Bonchev–Trinajstić information content (AvgIpc) is 3.39. The van der Waals surface area contributed by atoms with Crippen molar-refractivity contribution in [3.05, 3.63) is 126 Å². The lowest BCUT2D eigenvalue weighted by Crippen LogP contribution is -2.45. The predicted molar refractivity (Wildman–Crippen MR) is 165 cm³/mol. The second-order valence-corrected chi connectivity index (χ2v) is 10.5. The molecule has 6 heteroatoms. The largest absolute Gasteiger partial charge is 0.373 e. The lowest BCUT2D eigenvalue weighted by molar-refractivity contribution is -0.132. The van der Waals surface area contributed by atoms with Gasteiger partial charge in [0, 0.05) is 55.5 Å². The fourth-order valence-electron chi connectivity index (χ4n) is 5.03. The summed E-state index contributed by atoms with van der Waals surface area (Å²) in [5.41, 5.74) is 7.80. The Kier molecular flexibility index (Phi) is 8.89. The first kappa shape index (κ1) is 27.2. The molecule has 1 aliphatic carbocycles. The van der Waals surface area contributed by atoms with Crippen molar-refractivity contribution < 1.29 is 4.79 Å². The fraction of sp³-hybridized carbons (Fsp3) is 0.235. The number of allylic oxidation sites excluding steroid dienone is 1. The van der Waals surface area contributed by atoms with Crippen molar-refractivity contribution in [1.82, 2.24) is 14.8 Å². The van der Waals surface area contributed by atoms with E-state index in [0.717, 1.165) is 35.6 Å². The molecule has 0 fully saturated rings. The maximum atomic E-state index is 14.3. The van der Waals surface area contributed by atoms with Gasteiger partial charge in [-0.05, 0) is 79.2 Å². The summed E-state index contributed by atoms with van der Waals surface area (Å²) in [4.78, 5) is 22.5. The van der Waals surface area contributed by atoms with E-state index in [1.165, 1.54) is 16.7 Å². The second-order valence-electron chi connectivity index (χ2n) is 10.5. The Morgan fingerprint density at radius 3 is 2.25 bits per heavy atom. The summed E-state index contributed by atoms with van der Waals surface area (Å²) in [6, 6.07) is 30.3. The van der Waals surface area contributed by atoms with Gasteiger partial charge in [-0.1, -0.05) is 60.7 Å². The Morgan fingerprint density at radius 2 is 1.50 bits per heavy atom. The van der Waals surface area contributed by atoms with E-state index in [1.807, 2.05) is 73.6 Å². The van der Waals surface area contributed by atoms with Gasteiger partial charge in [0.25, 0.3) is 0 Å². The van der Waals surface area contributed by atoms with E-state index >= 15 is 0 Å². The third-order valence-corrected chi connectivity index (χ3v) is 7.19. The van der Waals surface area contributed by atoms with Crippen LogP contribution in [-0.4, -0.2) is 53.9 Å². The van der Waals surface area contributed by atoms with Crippen LogP contribution < -0.4 is 10.6 Å². The lowest BCUT2D eigenvalue weighted by Gasteiger charge is -2.30. The van der Waals surface area contributed by atoms with Crippen LogP contribution in [0.1, 0.15) is 23.1 Å². The van der Waals surface area contributed by atoms with E-state index in [4.69, 9.17) is 0 Å². The molecule has 5 rings (SSSR count). The van der Waals surface area contributed by atoms with E-state index in [1.54, 1.807) is 12.4 Å². The number of fused-ring (bicyclic) bond motifs is 1. The Balaban J connectivity index is 1.38. The molecule has 0 radical (unpaired) electrons. The van der Waals surface area contributed by atoms with E-state index in [9.17, 15) is 4.79 Å². The molecular weight excluding hydrogens is 494 g/mol. The van der Waals surface area contributed by atoms with Gasteiger partial charge in [-0.15, -0.1) is 0 Å². The molecule has 1 aromatic heterocycles. The smallest absolute Gasteiger partial charge is 0.245 e. The molecule has 1 atom stereocenters. The summed E-state index contributed by atoms with van der Waals surface area (Å²) < 4.78 is 0. The van der Waals surface area contributed by atoms with Crippen LogP contribution in [0.5, 0.6) is 0 Å². The van der Waals surface area contributed by atoms with Gasteiger partial charge in [0.2, 0.25) is 5.91 Å². The van der Waals surface area contributed by atoms with Crippen LogP contribution in [0.2, 0.25) is 0 Å². The SMILES string of the molecule is CN(C)CCN(Cc1ccccc1)C(=O)C(CC1=CCc2ccccc21)Nc1ccc(Nc2ccncc2)cc1. The van der Waals surface area contributed by atoms with Gasteiger partial charge in [-0.2, -0.15) is 0 Å². The monoisotopic (exact) mass is 531 g/mol. The summed E-state index contributed by atoms with van der Waals surface area (Å²) in [7, 11) is 4.09. The van der Waals surface area contributed by atoms with Crippen molar-refractivity contribution in [2.45, 2.75) is 25.4 Å². The van der Waals surface area contributed by atoms with Gasteiger partial charge in [0.1, 0.15) is 6.04 Å². The first-order valence-electron chi connectivity index (χ1n) is 13.8. The molecule has 1 aliphatic rings. The molecule has 0 saturated heterocycles. The van der Waals surface area contributed by atoms with Crippen molar-refractivity contribution in [2.75, 3.05) is 37.8 Å². The standard InChI is InChI=1S/C34H37N5O/c1-38(2)22-23-39(25-26-8-4-3-5-9-26)34(40)33(24-28-13-12-27-10-6-7-11-32(27)28)37-30-16-14-29(15-17-30)36-31-18-20-35-21-19-31/h3-11,13-21,33,37H,12,22-25H2,1-2H3,(H,35,36). The molecule has 0 saturated carbocycles. The number of likely N-dealkylation sites (N-methyl/N-ethyl adjacent to an activating group) is 1. The number of carbonyl (C=O) groups is 1. The lowest BCUT2D eigenvalue weighted by atomic mass is 9.98. The second kappa shape index (κ2) is 13.1. The van der Waals surface area contributed by atoms with Crippen molar-refractivity contribution in [1.29, 1.82) is 0 Å². The zero-order valence-electron chi connectivity index (χ0n) is 23.3. The van der Waals surface area contributed by atoms with Gasteiger partial charge >= 0.3 is 0 Å². The van der Waals surface area contributed by atoms with Crippen LogP contribution in [0, 0.1) is 0 Å². The summed E-state index contributed by atoms with van der Waals surface area (Å²) in [6.45, 7) is 2.03. The highest BCUT2D eigenvalue weighted by molar-refractivity contribution is 5.88. The predicted octanol–water partition coefficient (Wildman–Crippen LogP) is 6.23. The average molecular weight is 532 g/mol. The van der Waals surface area contributed by atoms with Crippen LogP contribution in [0.15, 0.2) is 109 Å². The minimum absolute atomic E-state index is 0.106. The molecule has 3 aromatic carbocycles. The molecule has 0 aliphatic heterocycles. The van der Waals surface area contributed by atoms with E-state index in [0.29, 0.717) is 19.5 Å². The van der Waals surface area contributed by atoms with Crippen molar-refractivity contribution in [3.63, 3.8) is 0 Å². The number of benzene rings is 3. The molecule has 0 spiro atoms. The van der Waals surface area contributed by atoms with E-state index < -0.39 is 6.04 Å². The number of rotatable bonds is 12. The summed E-state index contributed by atoms with van der Waals surface area (Å²) >= 11 is 0. The number of pyridine rings is 1. The zero-order chi connectivity index (χ0) is 27.7. The molecule has 204 valence electrons. The minimum Gasteiger partial charge on any atom is -0.373 e. The van der Waals surface area contributed by atoms with Crippen molar-refractivity contribution in [2.24, 2.45) is 0 Å². The molecule has 1 heterocycles. The number of hydrogen-bond donors (Lipinski definition) is 2. The summed E-state index contributed by atoms with van der Waals surface area (Å²) in [6.07, 6.45) is 7.34. The molecule has 0 bridgehead atoms. The Morgan fingerprint density at radius 1 is 0.825 bits per heavy atom. The van der Waals surface area contributed by atoms with Gasteiger partial charge in [0.05, 0.1) is 0 Å². The molecule has 2 N–H and O–H groups in total. The Labute approximate surface area is 237 Å². The number of nitrogens with zero attached hydrogens (tertiary/aromatic N) is 3. The number of aromatic nitrogens is 1. The highest BCUT2D eigenvalue weighted by Gasteiger charge is 2.28. The quantitative estimate of drug-likeness (QED) is 0.227. The molecule has 1 unspecified atom stereocenters. The first-order chi connectivity index (χ1) is 19.5. The van der Waals surface area contributed by atoms with Gasteiger partial charge in [-0.25, -0.2) is 0 Å². The van der Waals surface area contributed by atoms with E-state index in [-0.39, 0.29) is 5.91 Å². The van der Waals surface area contributed by atoms with Gasteiger partial charge in [-0.3, -0.25) is 9.78 Å². The Hall–Kier alpha value is -4.42. The number of carbonyl (C=O) groups excluding carboxylic acids is 1. The highest BCUT2D eigenvalue weighted by atomic mass is 16.2. The van der Waals surface area contributed by atoms with Crippen molar-refractivity contribution in [3.8, 4) is 0 Å². The molecular formula is C34H37N5O. The first-order valence-corrected chi connectivity index (χ1v) is 13.8. The Bertz CT molecular complexity index is 1420. The van der Waals surface area contributed by atoms with Crippen LogP contribution in [0.25, 0.3) is 5.57 Å². The van der Waals surface area contributed by atoms with E-state index in [2.05, 4.69) is 63.0 Å². The maximum Gasteiger partial charge on any atom is 0.245 e. The topological polar surface area (TPSA) is 60.5 Å². The number of anilines is 3. The molecule has 4 aromatic rings. The summed E-state index contributed by atoms with van der Waals surface area (Å²) in [5.74, 6) is 0.106. The fourth-order valence-corrected chi connectivity index (χ4v) is 5.03. The van der Waals surface area contributed by atoms with Gasteiger partial charge in [0.15, 0.2) is 0 Å². The third kappa shape index (κ3) is 7.16. The summed E-state index contributed by atoms with van der Waals surface area (Å²) in [5, 5.41) is 6.99. The number of hydrogen-bond acceptors (Lipinski definition) is 5. The van der Waals surface area contributed by atoms with Gasteiger partial charge < -0.3 is 20.4 Å². The van der Waals surface area contributed by atoms with Crippen LogP contribution in [-0.2, 0) is 17.8 Å². The molecule has 1 amide bonds. The van der Waals surface area contributed by atoms with Crippen LogP contribution in [0.4, 0.5) is 17.1 Å². The normalized spacial score (nSPS) is 12.9. The third-order valence-electron chi connectivity index (χ3n) is 7.19. The minimum atomic E-state index is -0.401. The van der Waals surface area contributed by atoms with Crippen molar-refractivity contribution >= 4 is 28.5 Å². The molecule has 6 nitrogen and oxygen atoms in total. The van der Waals surface area contributed by atoms with Crippen LogP contribution in [0.3, 0.4) is 0 Å². The maximum absolute atomic E-state index is 14.3.